The summed E-state index contributed by atoms with van der Waals surface area (Å²) in [6, 6.07) is 4.50. The van der Waals surface area contributed by atoms with Crippen molar-refractivity contribution in [3.63, 3.8) is 0 Å². The zero-order chi connectivity index (χ0) is 15.6. The van der Waals surface area contributed by atoms with Crippen LogP contribution in [0.1, 0.15) is 30.0 Å². The number of nitrogen functional groups attached to an aromatic ring is 1. The Labute approximate surface area is 123 Å². The smallest absolute Gasteiger partial charge is 0.260 e. The minimum atomic E-state index is -3.80. The summed E-state index contributed by atoms with van der Waals surface area (Å²) in [5.41, 5.74) is 3.35. The van der Waals surface area contributed by atoms with Crippen molar-refractivity contribution in [2.45, 2.75) is 31.8 Å². The molecule has 2 rings (SSSR count). The van der Waals surface area contributed by atoms with E-state index in [1.165, 1.54) is 6.20 Å². The molecule has 2 aromatic rings. The van der Waals surface area contributed by atoms with E-state index in [4.69, 9.17) is 10.3 Å². The van der Waals surface area contributed by atoms with E-state index in [0.717, 1.165) is 11.3 Å². The summed E-state index contributed by atoms with van der Waals surface area (Å²) in [7, 11) is -3.80. The minimum absolute atomic E-state index is 0.141. The van der Waals surface area contributed by atoms with Gasteiger partial charge in [-0.1, -0.05) is 0 Å². The molecule has 0 aliphatic rings. The van der Waals surface area contributed by atoms with Gasteiger partial charge in [0.1, 0.15) is 11.5 Å². The third-order valence-electron chi connectivity index (χ3n) is 3.06. The number of pyridine rings is 1. The Bertz CT molecular complexity index is 740. The Kier molecular flexibility index (Phi) is 4.31. The third-order valence-corrected chi connectivity index (χ3v) is 4.56. The van der Waals surface area contributed by atoms with E-state index in [9.17, 15) is 8.42 Å². The largest absolute Gasteiger partial charge is 0.466 e. The zero-order valence-electron chi connectivity index (χ0n) is 12.0. The molecule has 0 bridgehead atoms. The Morgan fingerprint density at radius 3 is 2.67 bits per heavy atom. The van der Waals surface area contributed by atoms with Gasteiger partial charge in [-0.15, -0.1) is 0 Å². The number of nitrogens with one attached hydrogen (secondary N) is 2. The van der Waals surface area contributed by atoms with Gasteiger partial charge in [-0.25, -0.2) is 18.1 Å². The predicted octanol–water partition coefficient (Wildman–Crippen LogP) is 1.62. The van der Waals surface area contributed by atoms with Crippen molar-refractivity contribution in [1.82, 2.24) is 9.71 Å². The predicted molar refractivity (Wildman–Crippen MR) is 79.0 cm³/mol. The van der Waals surface area contributed by atoms with Gasteiger partial charge in [0.2, 0.25) is 0 Å². The van der Waals surface area contributed by atoms with Gasteiger partial charge in [0, 0.05) is 17.8 Å². The van der Waals surface area contributed by atoms with Crippen LogP contribution in [0.15, 0.2) is 33.8 Å². The molecule has 0 amide bonds. The molecule has 0 fully saturated rings. The Morgan fingerprint density at radius 1 is 1.38 bits per heavy atom. The Morgan fingerprint density at radius 2 is 2.10 bits per heavy atom. The molecule has 1 unspecified atom stereocenters. The highest BCUT2D eigenvalue weighted by atomic mass is 32.2. The van der Waals surface area contributed by atoms with E-state index < -0.39 is 16.1 Å². The summed E-state index contributed by atoms with van der Waals surface area (Å²) in [6.45, 7) is 5.35. The molecule has 2 heterocycles. The SMILES string of the molecule is Cc1cc(C(C)NS(=O)(=O)c2ncccc2NN)c(C)o1. The van der Waals surface area contributed by atoms with Crippen molar-refractivity contribution in [3.8, 4) is 0 Å². The average Bonchev–Trinajstić information content (AvgIpc) is 2.77. The number of hydrogen-bond acceptors (Lipinski definition) is 6. The topological polar surface area (TPSA) is 110 Å². The molecule has 114 valence electrons. The molecule has 7 nitrogen and oxygen atoms in total. The van der Waals surface area contributed by atoms with E-state index >= 15 is 0 Å². The summed E-state index contributed by atoms with van der Waals surface area (Å²) in [6.07, 6.45) is 1.40. The molecule has 0 saturated carbocycles. The fourth-order valence-electron chi connectivity index (χ4n) is 2.15. The molecule has 0 aliphatic carbocycles. The van der Waals surface area contributed by atoms with Crippen LogP contribution in [-0.4, -0.2) is 13.4 Å². The molecule has 21 heavy (non-hydrogen) atoms. The maximum Gasteiger partial charge on any atom is 0.260 e. The summed E-state index contributed by atoms with van der Waals surface area (Å²) >= 11 is 0. The van der Waals surface area contributed by atoms with Crippen LogP contribution in [0.4, 0.5) is 5.69 Å². The summed E-state index contributed by atoms with van der Waals surface area (Å²) < 4.78 is 32.8. The average molecular weight is 310 g/mol. The van der Waals surface area contributed by atoms with Gasteiger partial charge in [-0.3, -0.25) is 5.84 Å². The van der Waals surface area contributed by atoms with Crippen LogP contribution in [0.2, 0.25) is 0 Å². The highest BCUT2D eigenvalue weighted by Crippen LogP contribution is 2.24. The van der Waals surface area contributed by atoms with E-state index in [0.29, 0.717) is 5.76 Å². The molecule has 2 aromatic heterocycles. The van der Waals surface area contributed by atoms with Crippen molar-refractivity contribution >= 4 is 15.7 Å². The van der Waals surface area contributed by atoms with Crippen LogP contribution < -0.4 is 16.0 Å². The van der Waals surface area contributed by atoms with Gasteiger partial charge < -0.3 is 9.84 Å². The maximum atomic E-state index is 12.4. The second kappa shape index (κ2) is 5.84. The number of aromatic nitrogens is 1. The van der Waals surface area contributed by atoms with Gasteiger partial charge in [-0.05, 0) is 39.0 Å². The number of nitrogens with two attached hydrogens (primary N) is 1. The van der Waals surface area contributed by atoms with Crippen LogP contribution in [0.3, 0.4) is 0 Å². The number of anilines is 1. The van der Waals surface area contributed by atoms with Crippen LogP contribution in [-0.2, 0) is 10.0 Å². The maximum absolute atomic E-state index is 12.4. The van der Waals surface area contributed by atoms with Crippen molar-refractivity contribution in [1.29, 1.82) is 0 Å². The minimum Gasteiger partial charge on any atom is -0.466 e. The molecule has 0 radical (unpaired) electrons. The van der Waals surface area contributed by atoms with E-state index in [1.54, 1.807) is 26.0 Å². The van der Waals surface area contributed by atoms with E-state index in [1.807, 2.05) is 13.0 Å². The molecule has 0 saturated heterocycles. The first-order valence-corrected chi connectivity index (χ1v) is 7.84. The van der Waals surface area contributed by atoms with Crippen LogP contribution in [0.5, 0.6) is 0 Å². The normalized spacial score (nSPS) is 13.1. The van der Waals surface area contributed by atoms with Crippen LogP contribution >= 0.6 is 0 Å². The molecule has 0 aliphatic heterocycles. The van der Waals surface area contributed by atoms with E-state index in [-0.39, 0.29) is 10.7 Å². The highest BCUT2D eigenvalue weighted by Gasteiger charge is 2.24. The quantitative estimate of drug-likeness (QED) is 0.571. The molecule has 0 spiro atoms. The number of aryl methyl sites for hydroxylation is 2. The van der Waals surface area contributed by atoms with Crippen molar-refractivity contribution in [3.05, 3.63) is 41.5 Å². The lowest BCUT2D eigenvalue weighted by Crippen LogP contribution is -2.29. The molecule has 8 heteroatoms. The Balaban J connectivity index is 2.31. The van der Waals surface area contributed by atoms with E-state index in [2.05, 4.69) is 15.1 Å². The number of furan rings is 1. The first kappa shape index (κ1) is 15.5. The summed E-state index contributed by atoms with van der Waals surface area (Å²) in [4.78, 5) is 3.88. The molecule has 1 atom stereocenters. The number of rotatable bonds is 5. The van der Waals surface area contributed by atoms with Gasteiger partial charge in [-0.2, -0.15) is 0 Å². The van der Waals surface area contributed by atoms with Gasteiger partial charge in [0.15, 0.2) is 5.03 Å². The second-order valence-corrected chi connectivity index (χ2v) is 6.34. The molecular formula is C13H18N4O3S. The second-order valence-electron chi connectivity index (χ2n) is 4.71. The van der Waals surface area contributed by atoms with Gasteiger partial charge in [0.05, 0.1) is 5.69 Å². The first-order valence-electron chi connectivity index (χ1n) is 6.36. The number of hydrogen-bond donors (Lipinski definition) is 3. The van der Waals surface area contributed by atoms with Crippen molar-refractivity contribution in [2.75, 3.05) is 5.43 Å². The molecule has 0 aromatic carbocycles. The number of sulfonamides is 1. The Hall–Kier alpha value is -1.90. The fraction of sp³-hybridized carbons (Fsp3) is 0.308. The fourth-order valence-corrected chi connectivity index (χ4v) is 3.47. The van der Waals surface area contributed by atoms with Gasteiger partial charge in [0.25, 0.3) is 10.0 Å². The van der Waals surface area contributed by atoms with Crippen LogP contribution in [0, 0.1) is 13.8 Å². The molecular weight excluding hydrogens is 292 g/mol. The first-order chi connectivity index (χ1) is 9.85. The van der Waals surface area contributed by atoms with Crippen molar-refractivity contribution in [2.24, 2.45) is 5.84 Å². The standard InChI is InChI=1S/C13H18N4O3S/c1-8-7-11(10(3)20-8)9(2)17-21(18,19)13-12(16-14)5-4-6-15-13/h4-7,9,16-17H,14H2,1-3H3. The molecule has 4 N–H and O–H groups in total. The third kappa shape index (κ3) is 3.23. The number of nitrogens with zero attached hydrogens (tertiary/aromatic N) is 1. The lowest BCUT2D eigenvalue weighted by molar-refractivity contribution is 0.496. The lowest BCUT2D eigenvalue weighted by atomic mass is 10.1. The summed E-state index contributed by atoms with van der Waals surface area (Å²) in [5.74, 6) is 6.73. The van der Waals surface area contributed by atoms with Gasteiger partial charge >= 0.3 is 0 Å². The van der Waals surface area contributed by atoms with Crippen LogP contribution in [0.25, 0.3) is 0 Å². The number of hydrazine groups is 1. The highest BCUT2D eigenvalue weighted by molar-refractivity contribution is 7.89. The lowest BCUT2D eigenvalue weighted by Gasteiger charge is -2.14. The zero-order valence-corrected chi connectivity index (χ0v) is 12.9. The van der Waals surface area contributed by atoms with Crippen molar-refractivity contribution < 1.29 is 12.8 Å². The monoisotopic (exact) mass is 310 g/mol. The summed E-state index contributed by atoms with van der Waals surface area (Å²) in [5, 5.41) is -0.141.